The molecule has 0 spiro atoms. The third-order valence-electron chi connectivity index (χ3n) is 3.90. The van der Waals surface area contributed by atoms with Gasteiger partial charge in [0.25, 0.3) is 0 Å². The van der Waals surface area contributed by atoms with Crippen molar-refractivity contribution >= 4 is 0 Å². The van der Waals surface area contributed by atoms with E-state index in [-0.39, 0.29) is 0 Å². The molecule has 2 nitrogen and oxygen atoms in total. The van der Waals surface area contributed by atoms with Crippen molar-refractivity contribution in [3.63, 3.8) is 0 Å². The van der Waals surface area contributed by atoms with Crippen LogP contribution in [-0.4, -0.2) is 48.6 Å². The monoisotopic (exact) mass is 312 g/mol. The SMILES string of the molecule is CCC(CN(CC(C)C)CC(C)C)N(CC(C)C)CC(C)C. The summed E-state index contributed by atoms with van der Waals surface area (Å²) in [6, 6.07) is 0.697. The van der Waals surface area contributed by atoms with Gasteiger partial charge in [0.2, 0.25) is 0 Å². The maximum Gasteiger partial charge on any atom is 0.0220 e. The van der Waals surface area contributed by atoms with Crippen LogP contribution in [0.2, 0.25) is 0 Å². The Hall–Kier alpha value is -0.0800. The molecular weight excluding hydrogens is 268 g/mol. The van der Waals surface area contributed by atoms with E-state index in [0.717, 1.165) is 23.7 Å². The second-order valence-corrected chi connectivity index (χ2v) is 8.81. The molecule has 1 atom stereocenters. The Bertz CT molecular complexity index is 238. The van der Waals surface area contributed by atoms with E-state index in [4.69, 9.17) is 0 Å². The van der Waals surface area contributed by atoms with E-state index in [1.54, 1.807) is 0 Å². The van der Waals surface area contributed by atoms with Gasteiger partial charge in [-0.3, -0.25) is 4.90 Å². The van der Waals surface area contributed by atoms with Gasteiger partial charge in [-0.25, -0.2) is 0 Å². The van der Waals surface area contributed by atoms with Crippen LogP contribution in [0.3, 0.4) is 0 Å². The number of hydrogen-bond acceptors (Lipinski definition) is 2. The lowest BCUT2D eigenvalue weighted by Gasteiger charge is -2.38. The molecule has 0 aliphatic rings. The minimum Gasteiger partial charge on any atom is -0.301 e. The first-order chi connectivity index (χ1) is 10.1. The second kappa shape index (κ2) is 11.5. The van der Waals surface area contributed by atoms with Gasteiger partial charge < -0.3 is 4.90 Å². The highest BCUT2D eigenvalue weighted by Gasteiger charge is 2.22. The van der Waals surface area contributed by atoms with Crippen LogP contribution in [0.5, 0.6) is 0 Å². The van der Waals surface area contributed by atoms with Crippen LogP contribution in [0.25, 0.3) is 0 Å². The summed E-state index contributed by atoms with van der Waals surface area (Å²) < 4.78 is 0. The predicted molar refractivity (Wildman–Crippen MR) is 101 cm³/mol. The molecule has 0 N–H and O–H groups in total. The van der Waals surface area contributed by atoms with Crippen molar-refractivity contribution < 1.29 is 0 Å². The third kappa shape index (κ3) is 10.6. The molecule has 0 aromatic carbocycles. The van der Waals surface area contributed by atoms with Crippen molar-refractivity contribution in [2.75, 3.05) is 32.7 Å². The van der Waals surface area contributed by atoms with Gasteiger partial charge in [0.15, 0.2) is 0 Å². The highest BCUT2D eigenvalue weighted by molar-refractivity contribution is 4.78. The van der Waals surface area contributed by atoms with Gasteiger partial charge in [0, 0.05) is 38.8 Å². The molecule has 134 valence electrons. The van der Waals surface area contributed by atoms with Gasteiger partial charge in [-0.1, -0.05) is 62.3 Å². The topological polar surface area (TPSA) is 6.48 Å². The summed E-state index contributed by atoms with van der Waals surface area (Å²) in [5, 5.41) is 0. The summed E-state index contributed by atoms with van der Waals surface area (Å²) in [6.45, 7) is 27.3. The van der Waals surface area contributed by atoms with Gasteiger partial charge >= 0.3 is 0 Å². The summed E-state index contributed by atoms with van der Waals surface area (Å²) >= 11 is 0. The van der Waals surface area contributed by atoms with Crippen LogP contribution in [0.1, 0.15) is 68.7 Å². The highest BCUT2D eigenvalue weighted by atomic mass is 15.2. The van der Waals surface area contributed by atoms with Gasteiger partial charge in [-0.15, -0.1) is 0 Å². The number of nitrogens with zero attached hydrogens (tertiary/aromatic N) is 2. The standard InChI is InChI=1S/C20H44N2/c1-10-20(22(13-18(6)7)14-19(8)9)15-21(11-16(2)3)12-17(4)5/h16-20H,10-15H2,1-9H3. The Labute approximate surface area is 141 Å². The molecule has 0 aromatic rings. The van der Waals surface area contributed by atoms with Crippen molar-refractivity contribution in [2.24, 2.45) is 23.7 Å². The van der Waals surface area contributed by atoms with E-state index in [1.807, 2.05) is 0 Å². The fourth-order valence-electron chi connectivity index (χ4n) is 3.37. The lowest BCUT2D eigenvalue weighted by Crippen LogP contribution is -2.48. The molecule has 0 aromatic heterocycles. The number of rotatable bonds is 12. The predicted octanol–water partition coefficient (Wildman–Crippen LogP) is 4.99. The van der Waals surface area contributed by atoms with Crippen LogP contribution in [0.4, 0.5) is 0 Å². The minimum atomic E-state index is 0.697. The first-order valence-corrected chi connectivity index (χ1v) is 9.61. The van der Waals surface area contributed by atoms with Crippen molar-refractivity contribution in [3.8, 4) is 0 Å². The molecule has 0 heterocycles. The normalized spacial score (nSPS) is 14.3. The van der Waals surface area contributed by atoms with Gasteiger partial charge in [0.05, 0.1) is 0 Å². The van der Waals surface area contributed by atoms with E-state index in [0.29, 0.717) is 6.04 Å². The fourth-order valence-corrected chi connectivity index (χ4v) is 3.37. The zero-order chi connectivity index (χ0) is 17.3. The van der Waals surface area contributed by atoms with E-state index < -0.39 is 0 Å². The molecule has 0 radical (unpaired) electrons. The Morgan fingerprint density at radius 1 is 0.545 bits per heavy atom. The van der Waals surface area contributed by atoms with E-state index >= 15 is 0 Å². The van der Waals surface area contributed by atoms with Gasteiger partial charge in [-0.2, -0.15) is 0 Å². The molecule has 0 rings (SSSR count). The van der Waals surface area contributed by atoms with Crippen molar-refractivity contribution in [2.45, 2.75) is 74.8 Å². The quantitative estimate of drug-likeness (QED) is 0.501. The molecule has 2 heteroatoms. The summed E-state index contributed by atoms with van der Waals surface area (Å²) in [5.41, 5.74) is 0. The molecule has 22 heavy (non-hydrogen) atoms. The summed E-state index contributed by atoms with van der Waals surface area (Å²) in [6.07, 6.45) is 1.26. The molecule has 0 bridgehead atoms. The zero-order valence-electron chi connectivity index (χ0n) is 17.0. The first-order valence-electron chi connectivity index (χ1n) is 9.61. The summed E-state index contributed by atoms with van der Waals surface area (Å²) in [4.78, 5) is 5.46. The molecule has 0 aliphatic heterocycles. The van der Waals surface area contributed by atoms with Crippen molar-refractivity contribution in [1.29, 1.82) is 0 Å². The maximum absolute atomic E-state index is 2.75. The van der Waals surface area contributed by atoms with Crippen molar-refractivity contribution in [1.82, 2.24) is 9.80 Å². The lowest BCUT2D eigenvalue weighted by molar-refractivity contribution is 0.0992. The van der Waals surface area contributed by atoms with E-state index in [1.165, 1.54) is 39.1 Å². The lowest BCUT2D eigenvalue weighted by atomic mass is 10.0. The molecule has 0 saturated heterocycles. The average Bonchev–Trinajstić information content (AvgIpc) is 2.32. The Morgan fingerprint density at radius 3 is 1.18 bits per heavy atom. The van der Waals surface area contributed by atoms with Gasteiger partial charge in [0.1, 0.15) is 0 Å². The van der Waals surface area contributed by atoms with Crippen LogP contribution >= 0.6 is 0 Å². The smallest absolute Gasteiger partial charge is 0.0220 e. The highest BCUT2D eigenvalue weighted by Crippen LogP contribution is 2.14. The van der Waals surface area contributed by atoms with Crippen LogP contribution in [0, 0.1) is 23.7 Å². The molecule has 1 unspecified atom stereocenters. The molecule has 0 amide bonds. The largest absolute Gasteiger partial charge is 0.301 e. The first kappa shape index (κ1) is 21.9. The van der Waals surface area contributed by atoms with Crippen LogP contribution in [0.15, 0.2) is 0 Å². The molecule has 0 saturated carbocycles. The van der Waals surface area contributed by atoms with E-state index in [9.17, 15) is 0 Å². The van der Waals surface area contributed by atoms with Crippen LogP contribution < -0.4 is 0 Å². The maximum atomic E-state index is 2.75. The van der Waals surface area contributed by atoms with Gasteiger partial charge in [-0.05, 0) is 30.1 Å². The molecule has 0 fully saturated rings. The molecule has 0 aliphatic carbocycles. The minimum absolute atomic E-state index is 0.697. The third-order valence-corrected chi connectivity index (χ3v) is 3.90. The van der Waals surface area contributed by atoms with E-state index in [2.05, 4.69) is 72.1 Å². The second-order valence-electron chi connectivity index (χ2n) is 8.81. The zero-order valence-corrected chi connectivity index (χ0v) is 17.0. The summed E-state index contributed by atoms with van der Waals surface area (Å²) in [7, 11) is 0. The summed E-state index contributed by atoms with van der Waals surface area (Å²) in [5.74, 6) is 2.99. The van der Waals surface area contributed by atoms with Crippen molar-refractivity contribution in [3.05, 3.63) is 0 Å². The Kier molecular flexibility index (Phi) is 11.4. The average molecular weight is 313 g/mol. The fraction of sp³-hybridized carbons (Fsp3) is 1.00. The van der Waals surface area contributed by atoms with Crippen LogP contribution in [-0.2, 0) is 0 Å². The Morgan fingerprint density at radius 2 is 0.909 bits per heavy atom. The molecular formula is C20H44N2. The Balaban J connectivity index is 4.88. The number of hydrogen-bond donors (Lipinski definition) is 0.